The minimum atomic E-state index is -0.352. The van der Waals surface area contributed by atoms with Crippen LogP contribution in [0.5, 0.6) is 11.5 Å². The summed E-state index contributed by atoms with van der Waals surface area (Å²) in [5.41, 5.74) is 0. The van der Waals surface area contributed by atoms with Gasteiger partial charge < -0.3 is 14.9 Å². The van der Waals surface area contributed by atoms with Crippen LogP contribution in [0.4, 0.5) is 0 Å². The van der Waals surface area contributed by atoms with Crippen molar-refractivity contribution < 1.29 is 14.9 Å². The summed E-state index contributed by atoms with van der Waals surface area (Å²) in [5, 5.41) is 19.0. The molecule has 1 aromatic carbocycles. The van der Waals surface area contributed by atoms with Crippen molar-refractivity contribution in [1.82, 2.24) is 0 Å². The van der Waals surface area contributed by atoms with Gasteiger partial charge in [-0.3, -0.25) is 0 Å². The molecule has 0 aromatic heterocycles. The summed E-state index contributed by atoms with van der Waals surface area (Å²) in [6.07, 6.45) is 0.134. The Hall–Kier alpha value is -1.84. The van der Waals surface area contributed by atoms with E-state index in [2.05, 4.69) is 18.2 Å². The van der Waals surface area contributed by atoms with E-state index < -0.39 is 0 Å². The lowest BCUT2D eigenvalue weighted by Gasteiger charge is -2.12. The van der Waals surface area contributed by atoms with E-state index in [4.69, 9.17) is 14.9 Å². The van der Waals surface area contributed by atoms with Gasteiger partial charge in [-0.05, 0) is 36.8 Å². The second kappa shape index (κ2) is 6.36. The predicted octanol–water partition coefficient (Wildman–Crippen LogP) is 2.83. The highest BCUT2D eigenvalue weighted by atomic mass is 16.5. The maximum Gasteiger partial charge on any atom is 0.135 e. The average molecular weight is 258 g/mol. The minimum Gasteiger partial charge on any atom is -0.457 e. The van der Waals surface area contributed by atoms with Crippen LogP contribution >= 0.6 is 0 Å². The molecule has 3 nitrogen and oxygen atoms in total. The molecule has 2 aliphatic carbocycles. The van der Waals surface area contributed by atoms with Gasteiger partial charge in [0.25, 0.3) is 0 Å². The van der Waals surface area contributed by atoms with Crippen LogP contribution in [0.1, 0.15) is 13.3 Å². The number of benzene rings is 2. The molecule has 3 rings (SSSR count). The number of rotatable bonds is 4. The highest BCUT2D eigenvalue weighted by Gasteiger charge is 2.07. The van der Waals surface area contributed by atoms with Crippen LogP contribution in [0, 0.1) is 10.4 Å². The van der Waals surface area contributed by atoms with Gasteiger partial charge in [-0.1, -0.05) is 30.3 Å². The smallest absolute Gasteiger partial charge is 0.135 e. The zero-order valence-corrected chi connectivity index (χ0v) is 10.9. The Morgan fingerprint density at radius 3 is 2.21 bits per heavy atom. The second-order valence-electron chi connectivity index (χ2n) is 4.49. The molecule has 0 fully saturated rings. The Bertz CT molecular complexity index is 606. The predicted molar refractivity (Wildman–Crippen MR) is 74.0 cm³/mol. The molecule has 0 heterocycles. The Morgan fingerprint density at radius 2 is 1.84 bits per heavy atom. The third-order valence-corrected chi connectivity index (χ3v) is 2.81. The van der Waals surface area contributed by atoms with Gasteiger partial charge in [-0.15, -0.1) is 0 Å². The molecular formula is C16H18O3. The van der Waals surface area contributed by atoms with E-state index in [9.17, 15) is 0 Å². The van der Waals surface area contributed by atoms with Gasteiger partial charge in [-0.2, -0.15) is 0 Å². The summed E-state index contributed by atoms with van der Waals surface area (Å²) in [6, 6.07) is 16.1. The van der Waals surface area contributed by atoms with Gasteiger partial charge in [0.2, 0.25) is 0 Å². The molecule has 0 bridgehead atoms. The highest BCUT2D eigenvalue weighted by Crippen LogP contribution is 2.28. The zero-order valence-electron chi connectivity index (χ0n) is 10.9. The van der Waals surface area contributed by atoms with Crippen LogP contribution < -0.4 is 4.74 Å². The lowest BCUT2D eigenvalue weighted by molar-refractivity contribution is 0.148. The van der Waals surface area contributed by atoms with Crippen LogP contribution in [0.15, 0.2) is 48.5 Å². The highest BCUT2D eigenvalue weighted by molar-refractivity contribution is 5.41. The zero-order chi connectivity index (χ0) is 13.7. The Morgan fingerprint density at radius 1 is 1.11 bits per heavy atom. The molecule has 0 saturated carbocycles. The van der Waals surface area contributed by atoms with E-state index in [0.29, 0.717) is 6.42 Å². The van der Waals surface area contributed by atoms with E-state index >= 15 is 0 Å². The summed E-state index contributed by atoms with van der Waals surface area (Å²) >= 11 is 0. The molecule has 1 unspecified atom stereocenters. The van der Waals surface area contributed by atoms with Crippen molar-refractivity contribution in [3.63, 3.8) is 0 Å². The van der Waals surface area contributed by atoms with Crippen molar-refractivity contribution in [2.24, 2.45) is 0 Å². The van der Waals surface area contributed by atoms with E-state index in [1.807, 2.05) is 30.3 Å². The summed E-state index contributed by atoms with van der Waals surface area (Å²) in [4.78, 5) is 0. The molecule has 3 heteroatoms. The Labute approximate surface area is 112 Å². The quantitative estimate of drug-likeness (QED) is 0.756. The molecule has 100 valence electrons. The number of hydrogen-bond acceptors (Lipinski definition) is 3. The van der Waals surface area contributed by atoms with Crippen molar-refractivity contribution in [2.75, 3.05) is 6.61 Å². The fraction of sp³-hybridized carbons (Fsp3) is 0.250. The first-order valence-electron chi connectivity index (χ1n) is 6.37. The van der Waals surface area contributed by atoms with Crippen LogP contribution in [-0.2, 0) is 0 Å². The van der Waals surface area contributed by atoms with E-state index in [1.54, 1.807) is 6.92 Å². The topological polar surface area (TPSA) is 49.7 Å². The largest absolute Gasteiger partial charge is 0.457 e. The van der Waals surface area contributed by atoms with E-state index in [1.165, 1.54) is 10.4 Å². The van der Waals surface area contributed by atoms with Crippen LogP contribution in [0.3, 0.4) is 0 Å². The molecule has 0 saturated heterocycles. The third kappa shape index (κ3) is 3.56. The number of aliphatic hydroxyl groups is 2. The summed E-state index contributed by atoms with van der Waals surface area (Å²) in [7, 11) is 0. The van der Waals surface area contributed by atoms with Gasteiger partial charge in [0.15, 0.2) is 0 Å². The lowest BCUT2D eigenvalue weighted by Crippen LogP contribution is -2.00. The Balaban J connectivity index is 0.000000192. The fourth-order valence-electron chi connectivity index (χ4n) is 1.64. The van der Waals surface area contributed by atoms with Gasteiger partial charge in [-0.25, -0.2) is 0 Å². The number of ether oxygens (including phenoxy) is 1. The molecule has 0 aliphatic heterocycles. The van der Waals surface area contributed by atoms with Gasteiger partial charge in [0.1, 0.15) is 11.5 Å². The molecule has 19 heavy (non-hydrogen) atoms. The number of hydrogen-bond donors (Lipinski definition) is 2. The fourth-order valence-corrected chi connectivity index (χ4v) is 1.64. The van der Waals surface area contributed by atoms with Gasteiger partial charge >= 0.3 is 0 Å². The molecule has 0 amide bonds. The first kappa shape index (κ1) is 13.6. The molecule has 0 spiro atoms. The summed E-state index contributed by atoms with van der Waals surface area (Å²) < 4.78 is 5.64. The van der Waals surface area contributed by atoms with Crippen LogP contribution in [0.2, 0.25) is 0 Å². The first-order valence-corrected chi connectivity index (χ1v) is 6.37. The second-order valence-corrected chi connectivity index (χ2v) is 4.49. The molecule has 1 atom stereocenters. The number of aliphatic hydroxyl groups excluding tert-OH is 2. The standard InChI is InChI=1S/C12H8O.C4H10O2/c1-2-4-10(5-3-1)13-12-8-9-6-7-11(9)12;1-4(6)2-3-5/h1-8H;4-6H,2-3H2,1H3. The van der Waals surface area contributed by atoms with Gasteiger partial charge in [0, 0.05) is 11.8 Å². The maximum absolute atomic E-state index is 8.39. The molecule has 1 aromatic rings. The first-order chi connectivity index (χ1) is 9.20. The van der Waals surface area contributed by atoms with E-state index in [0.717, 1.165) is 11.5 Å². The molecule has 2 N–H and O–H groups in total. The lowest BCUT2D eigenvalue weighted by atomic mass is 10.1. The average Bonchev–Trinajstić information content (AvgIpc) is 2.37. The summed E-state index contributed by atoms with van der Waals surface area (Å²) in [5.74, 6) is 1.89. The van der Waals surface area contributed by atoms with Gasteiger partial charge in [0.05, 0.1) is 6.10 Å². The SMILES string of the molecule is CC(O)CCO.c1ccc(Oc2cc3ccc2=3)cc1. The van der Waals surface area contributed by atoms with Crippen molar-refractivity contribution in [1.29, 1.82) is 0 Å². The van der Waals surface area contributed by atoms with Crippen molar-refractivity contribution >= 4 is 0 Å². The maximum atomic E-state index is 8.39. The van der Waals surface area contributed by atoms with Crippen molar-refractivity contribution in [2.45, 2.75) is 19.4 Å². The normalized spacial score (nSPS) is 12.2. The number of para-hydroxylation sites is 1. The molecule has 0 radical (unpaired) electrons. The Kier molecular flexibility index (Phi) is 4.55. The van der Waals surface area contributed by atoms with Crippen LogP contribution in [0.25, 0.3) is 0 Å². The van der Waals surface area contributed by atoms with Crippen molar-refractivity contribution in [3.05, 3.63) is 59.0 Å². The minimum absolute atomic E-state index is 0.0810. The van der Waals surface area contributed by atoms with Crippen LogP contribution in [-0.4, -0.2) is 22.9 Å². The third-order valence-electron chi connectivity index (χ3n) is 2.81. The van der Waals surface area contributed by atoms with Crippen molar-refractivity contribution in [3.8, 4) is 11.5 Å². The molecular weight excluding hydrogens is 240 g/mol. The van der Waals surface area contributed by atoms with E-state index in [-0.39, 0.29) is 12.7 Å². The molecule has 2 aliphatic rings. The monoisotopic (exact) mass is 258 g/mol. The summed E-state index contributed by atoms with van der Waals surface area (Å²) in [6.45, 7) is 1.73.